The molecule has 9 nitrogen and oxygen atoms in total. The molecule has 0 radical (unpaired) electrons. The Morgan fingerprint density at radius 2 is 1.76 bits per heavy atom. The van der Waals surface area contributed by atoms with Crippen molar-refractivity contribution >= 4 is 21.7 Å². The molecule has 2 rings (SSSR count). The quantitative estimate of drug-likeness (QED) is 0.299. The first-order chi connectivity index (χ1) is 17.0. The summed E-state index contributed by atoms with van der Waals surface area (Å²) in [5.74, 6) is -8.51. The fraction of sp³-hybridized carbons (Fsp3) is 0.636. The lowest BCUT2D eigenvalue weighted by Crippen LogP contribution is -2.61. The molecule has 1 aliphatic rings. The van der Waals surface area contributed by atoms with Gasteiger partial charge >= 0.3 is 12.1 Å². The predicted octanol–water partition coefficient (Wildman–Crippen LogP) is 1.16. The van der Waals surface area contributed by atoms with Gasteiger partial charge in [-0.1, -0.05) is 26.0 Å². The fourth-order valence-electron chi connectivity index (χ4n) is 3.78. The largest absolute Gasteiger partial charge is 0.497 e. The van der Waals surface area contributed by atoms with Crippen LogP contribution in [-0.4, -0.2) is 81.1 Å². The topological polar surface area (TPSA) is 134 Å². The SMILES string of the molecule is COc1ccc(CS(=O)(=O)[C@H]2CN[C@H](C(=O)NC(C(C)C)C(O)C(F)(F)C(=O)NCC(F)(F)F)C2)cc1. The van der Waals surface area contributed by atoms with Crippen molar-refractivity contribution in [2.24, 2.45) is 5.92 Å². The highest BCUT2D eigenvalue weighted by Crippen LogP contribution is 2.26. The molecule has 1 fully saturated rings. The molecular weight excluding hydrogens is 529 g/mol. The highest BCUT2D eigenvalue weighted by atomic mass is 32.2. The third kappa shape index (κ3) is 8.23. The van der Waals surface area contributed by atoms with Crippen LogP contribution in [0.4, 0.5) is 22.0 Å². The molecular formula is C22H30F5N3O6S. The van der Waals surface area contributed by atoms with E-state index in [0.717, 1.165) is 5.32 Å². The number of ether oxygens (including phenoxy) is 1. The Morgan fingerprint density at radius 3 is 2.27 bits per heavy atom. The van der Waals surface area contributed by atoms with Crippen molar-refractivity contribution in [3.8, 4) is 5.75 Å². The minimum absolute atomic E-state index is 0.0819. The molecule has 0 spiro atoms. The Labute approximate surface area is 211 Å². The van der Waals surface area contributed by atoms with Gasteiger partial charge in [0, 0.05) is 6.54 Å². The van der Waals surface area contributed by atoms with Gasteiger partial charge in [-0.2, -0.15) is 22.0 Å². The second-order valence-corrected chi connectivity index (χ2v) is 11.4. The number of rotatable bonds is 11. The molecule has 37 heavy (non-hydrogen) atoms. The maximum atomic E-state index is 14.4. The van der Waals surface area contributed by atoms with E-state index >= 15 is 0 Å². The van der Waals surface area contributed by atoms with Crippen LogP contribution < -0.4 is 20.7 Å². The molecule has 0 aliphatic carbocycles. The van der Waals surface area contributed by atoms with Crippen LogP contribution in [0.25, 0.3) is 0 Å². The van der Waals surface area contributed by atoms with Crippen LogP contribution >= 0.6 is 0 Å². The maximum absolute atomic E-state index is 14.4. The number of carbonyl (C=O) groups is 2. The fourth-order valence-corrected chi connectivity index (χ4v) is 5.51. The Balaban J connectivity index is 2.04. The Morgan fingerprint density at radius 1 is 1.16 bits per heavy atom. The summed E-state index contributed by atoms with van der Waals surface area (Å²) in [5, 5.41) is 15.1. The summed E-state index contributed by atoms with van der Waals surface area (Å²) in [6.45, 7) is 0.594. The van der Waals surface area contributed by atoms with Gasteiger partial charge in [0.25, 0.3) is 5.91 Å². The minimum atomic E-state index is -4.94. The zero-order chi connectivity index (χ0) is 28.2. The van der Waals surface area contributed by atoms with E-state index < -0.39 is 69.7 Å². The number of hydrogen-bond donors (Lipinski definition) is 4. The summed E-state index contributed by atoms with van der Waals surface area (Å²) < 4.78 is 96.3. The lowest BCUT2D eigenvalue weighted by atomic mass is 9.93. The van der Waals surface area contributed by atoms with Gasteiger partial charge in [-0.25, -0.2) is 8.42 Å². The Bertz CT molecular complexity index is 1050. The number of aliphatic hydroxyl groups is 1. The first-order valence-electron chi connectivity index (χ1n) is 11.3. The number of aliphatic hydroxyl groups excluding tert-OH is 1. The smallest absolute Gasteiger partial charge is 0.405 e. The Kier molecular flexibility index (Phi) is 9.87. The number of nitrogens with one attached hydrogen (secondary N) is 3. The monoisotopic (exact) mass is 559 g/mol. The van der Waals surface area contributed by atoms with Crippen molar-refractivity contribution in [2.45, 2.75) is 61.6 Å². The highest BCUT2D eigenvalue weighted by molar-refractivity contribution is 7.91. The molecule has 210 valence electrons. The van der Waals surface area contributed by atoms with E-state index in [1.165, 1.54) is 21.0 Å². The summed E-state index contributed by atoms with van der Waals surface area (Å²) in [6, 6.07) is 3.55. The molecule has 15 heteroatoms. The number of sulfone groups is 1. The molecule has 4 N–H and O–H groups in total. The van der Waals surface area contributed by atoms with Gasteiger partial charge < -0.3 is 25.8 Å². The second-order valence-electron chi connectivity index (χ2n) is 9.12. The molecule has 0 aromatic heterocycles. The van der Waals surface area contributed by atoms with Crippen LogP contribution in [0.5, 0.6) is 5.75 Å². The highest BCUT2D eigenvalue weighted by Gasteiger charge is 2.52. The van der Waals surface area contributed by atoms with E-state index in [9.17, 15) is 45.1 Å². The second kappa shape index (κ2) is 11.9. The number of alkyl halides is 5. The molecule has 4 atom stereocenters. The van der Waals surface area contributed by atoms with Crippen LogP contribution in [-0.2, 0) is 25.2 Å². The van der Waals surface area contributed by atoms with E-state index in [1.54, 1.807) is 24.3 Å². The summed E-state index contributed by atoms with van der Waals surface area (Å²) in [4.78, 5) is 24.4. The molecule has 1 heterocycles. The van der Waals surface area contributed by atoms with Crippen LogP contribution in [0, 0.1) is 5.92 Å². The lowest BCUT2D eigenvalue weighted by Gasteiger charge is -2.32. The first-order valence-corrected chi connectivity index (χ1v) is 13.0. The van der Waals surface area contributed by atoms with Gasteiger partial charge in [0.2, 0.25) is 5.91 Å². The molecule has 1 aromatic rings. The number of halogens is 5. The summed E-state index contributed by atoms with van der Waals surface area (Å²) >= 11 is 0. The lowest BCUT2D eigenvalue weighted by molar-refractivity contribution is -0.174. The van der Waals surface area contributed by atoms with Gasteiger partial charge in [0.05, 0.1) is 30.2 Å². The summed E-state index contributed by atoms with van der Waals surface area (Å²) in [5.41, 5.74) is 0.503. The number of amides is 2. The third-order valence-corrected chi connectivity index (χ3v) is 8.04. The van der Waals surface area contributed by atoms with Crippen molar-refractivity contribution in [2.75, 3.05) is 20.2 Å². The number of carbonyl (C=O) groups excluding carboxylic acids is 2. The van der Waals surface area contributed by atoms with E-state index in [-0.39, 0.29) is 18.7 Å². The minimum Gasteiger partial charge on any atom is -0.497 e. The normalized spacial score (nSPS) is 20.4. The van der Waals surface area contributed by atoms with Gasteiger partial charge in [0.1, 0.15) is 18.4 Å². The molecule has 0 bridgehead atoms. The average Bonchev–Trinajstić information content (AvgIpc) is 3.31. The molecule has 1 aromatic carbocycles. The van der Waals surface area contributed by atoms with Crippen molar-refractivity contribution in [1.82, 2.24) is 16.0 Å². The average molecular weight is 560 g/mol. The van der Waals surface area contributed by atoms with E-state index in [1.807, 2.05) is 0 Å². The van der Waals surface area contributed by atoms with Crippen LogP contribution in [0.15, 0.2) is 24.3 Å². The van der Waals surface area contributed by atoms with Crippen molar-refractivity contribution in [3.05, 3.63) is 29.8 Å². The van der Waals surface area contributed by atoms with Crippen LogP contribution in [0.1, 0.15) is 25.8 Å². The van der Waals surface area contributed by atoms with E-state index in [0.29, 0.717) is 11.3 Å². The Hall–Kier alpha value is -2.52. The number of methoxy groups -OCH3 is 1. The summed E-state index contributed by atoms with van der Waals surface area (Å²) in [6.07, 6.45) is -7.96. The molecule has 2 amide bonds. The zero-order valence-electron chi connectivity index (χ0n) is 20.3. The van der Waals surface area contributed by atoms with E-state index in [2.05, 4.69) is 10.6 Å². The first kappa shape index (κ1) is 30.7. The standard InChI is InChI=1S/C22H30F5N3O6S/c1-12(2)17(18(31)22(26,27)20(33)29-11-21(23,24)25)30-19(32)16-8-15(9-28-16)37(34,35)10-13-4-6-14(36-3)7-5-13/h4-7,12,15-18,28,31H,8-11H2,1-3H3,(H,29,33)(H,30,32)/t15-,16+,17?,18?/m1/s1. The number of benzene rings is 1. The van der Waals surface area contributed by atoms with Gasteiger partial charge in [-0.3, -0.25) is 9.59 Å². The van der Waals surface area contributed by atoms with Crippen molar-refractivity contribution in [1.29, 1.82) is 0 Å². The summed E-state index contributed by atoms with van der Waals surface area (Å²) in [7, 11) is -2.24. The third-order valence-electron chi connectivity index (χ3n) is 5.93. The van der Waals surface area contributed by atoms with Gasteiger partial charge in [-0.15, -0.1) is 0 Å². The van der Waals surface area contributed by atoms with Crippen LogP contribution in [0.2, 0.25) is 0 Å². The van der Waals surface area contributed by atoms with Crippen molar-refractivity contribution < 1.29 is 49.8 Å². The maximum Gasteiger partial charge on any atom is 0.405 e. The zero-order valence-corrected chi connectivity index (χ0v) is 21.1. The van der Waals surface area contributed by atoms with Gasteiger partial charge in [-0.05, 0) is 30.0 Å². The molecule has 1 saturated heterocycles. The molecule has 0 saturated carbocycles. The molecule has 2 unspecified atom stereocenters. The van der Waals surface area contributed by atoms with Crippen LogP contribution in [0.3, 0.4) is 0 Å². The molecule has 1 aliphatic heterocycles. The van der Waals surface area contributed by atoms with E-state index in [4.69, 9.17) is 4.74 Å². The van der Waals surface area contributed by atoms with Crippen molar-refractivity contribution in [3.63, 3.8) is 0 Å². The van der Waals surface area contributed by atoms with Gasteiger partial charge in [0.15, 0.2) is 9.84 Å². The number of hydrogen-bond acceptors (Lipinski definition) is 7. The predicted molar refractivity (Wildman–Crippen MR) is 123 cm³/mol.